The summed E-state index contributed by atoms with van der Waals surface area (Å²) in [4.78, 5) is 34.7. The fourth-order valence-corrected chi connectivity index (χ4v) is 5.18. The quantitative estimate of drug-likeness (QED) is 0.497. The molecule has 172 valence electrons. The summed E-state index contributed by atoms with van der Waals surface area (Å²) in [6.45, 7) is 5.57. The average molecular weight is 481 g/mol. The summed E-state index contributed by atoms with van der Waals surface area (Å²) in [5.41, 5.74) is 2.89. The number of carbonyl (C=O) groups is 2. The molecule has 4 rings (SSSR count). The smallest absolute Gasteiger partial charge is 0.253 e. The molecule has 1 N–H and O–H groups in total. The lowest BCUT2D eigenvalue weighted by Gasteiger charge is -2.34. The normalized spacial score (nSPS) is 14.3. The molecular formula is C25H28N4O2S2. The molecule has 0 aliphatic carbocycles. The number of thiazole rings is 1. The molecule has 3 aromatic rings. The summed E-state index contributed by atoms with van der Waals surface area (Å²) in [5.74, 6) is 0.896. The van der Waals surface area contributed by atoms with E-state index in [-0.39, 0.29) is 11.8 Å². The fourth-order valence-electron chi connectivity index (χ4n) is 3.67. The lowest BCUT2D eigenvalue weighted by atomic mass is 10.2. The Labute approximate surface area is 203 Å². The number of rotatable bonds is 8. The minimum absolute atomic E-state index is 0.0135. The highest BCUT2D eigenvalue weighted by Crippen LogP contribution is 2.24. The SMILES string of the molecule is Cc1nc(CSc2ccc(C(=O)N3CCN(CC(=O)NCc4ccccc4)CC3)cc2)cs1. The van der Waals surface area contributed by atoms with E-state index in [0.717, 1.165) is 26.9 Å². The molecule has 2 aromatic carbocycles. The van der Waals surface area contributed by atoms with E-state index < -0.39 is 0 Å². The summed E-state index contributed by atoms with van der Waals surface area (Å²) >= 11 is 3.39. The number of aromatic nitrogens is 1. The Bertz CT molecular complexity index is 1060. The molecule has 0 spiro atoms. The van der Waals surface area contributed by atoms with E-state index in [9.17, 15) is 9.59 Å². The number of nitrogens with one attached hydrogen (secondary N) is 1. The van der Waals surface area contributed by atoms with Crippen LogP contribution in [-0.2, 0) is 17.1 Å². The van der Waals surface area contributed by atoms with E-state index in [0.29, 0.717) is 44.8 Å². The maximum absolute atomic E-state index is 12.9. The maximum atomic E-state index is 12.9. The zero-order valence-electron chi connectivity index (χ0n) is 18.7. The van der Waals surface area contributed by atoms with E-state index in [4.69, 9.17) is 0 Å². The van der Waals surface area contributed by atoms with Gasteiger partial charge in [0.2, 0.25) is 5.91 Å². The summed E-state index contributed by atoms with van der Waals surface area (Å²) in [5, 5.41) is 6.14. The Balaban J connectivity index is 1.19. The molecule has 1 aliphatic rings. The van der Waals surface area contributed by atoms with Crippen LogP contribution >= 0.6 is 23.1 Å². The van der Waals surface area contributed by atoms with Crippen molar-refractivity contribution >= 4 is 34.9 Å². The van der Waals surface area contributed by atoms with Gasteiger partial charge in [-0.3, -0.25) is 14.5 Å². The van der Waals surface area contributed by atoms with E-state index in [1.807, 2.05) is 66.4 Å². The molecule has 0 atom stereocenters. The number of hydrogen-bond acceptors (Lipinski definition) is 6. The van der Waals surface area contributed by atoms with Crippen molar-refractivity contribution in [3.63, 3.8) is 0 Å². The molecule has 0 radical (unpaired) electrons. The van der Waals surface area contributed by atoms with Crippen LogP contribution < -0.4 is 5.32 Å². The molecule has 0 bridgehead atoms. The van der Waals surface area contributed by atoms with Gasteiger partial charge in [-0.2, -0.15) is 0 Å². The number of carbonyl (C=O) groups excluding carboxylic acids is 2. The van der Waals surface area contributed by atoms with Gasteiger partial charge < -0.3 is 10.2 Å². The summed E-state index contributed by atoms with van der Waals surface area (Å²) in [6.07, 6.45) is 0. The second kappa shape index (κ2) is 11.4. The van der Waals surface area contributed by atoms with E-state index in [1.165, 1.54) is 0 Å². The van der Waals surface area contributed by atoms with Gasteiger partial charge in [-0.15, -0.1) is 23.1 Å². The van der Waals surface area contributed by atoms with E-state index in [2.05, 4.69) is 20.6 Å². The molecule has 8 heteroatoms. The van der Waals surface area contributed by atoms with Gasteiger partial charge in [-0.25, -0.2) is 4.98 Å². The van der Waals surface area contributed by atoms with Crippen LogP contribution in [0.15, 0.2) is 64.9 Å². The molecule has 1 fully saturated rings. The average Bonchev–Trinajstić information content (AvgIpc) is 3.27. The van der Waals surface area contributed by atoms with Crippen molar-refractivity contribution in [1.82, 2.24) is 20.1 Å². The second-order valence-corrected chi connectivity index (χ2v) is 10.1. The fraction of sp³-hybridized carbons (Fsp3) is 0.320. The summed E-state index contributed by atoms with van der Waals surface area (Å²) in [7, 11) is 0. The van der Waals surface area contributed by atoms with Gasteiger partial charge in [0.05, 0.1) is 17.2 Å². The Morgan fingerprint density at radius 3 is 2.42 bits per heavy atom. The van der Waals surface area contributed by atoms with Crippen LogP contribution in [0.25, 0.3) is 0 Å². The van der Waals surface area contributed by atoms with Crippen molar-refractivity contribution < 1.29 is 9.59 Å². The van der Waals surface area contributed by atoms with Crippen LogP contribution in [-0.4, -0.2) is 59.3 Å². The first-order valence-electron chi connectivity index (χ1n) is 11.0. The highest BCUT2D eigenvalue weighted by atomic mass is 32.2. The highest BCUT2D eigenvalue weighted by Gasteiger charge is 2.23. The lowest BCUT2D eigenvalue weighted by molar-refractivity contribution is -0.122. The summed E-state index contributed by atoms with van der Waals surface area (Å²) < 4.78 is 0. The number of hydrogen-bond donors (Lipinski definition) is 1. The minimum atomic E-state index is 0.0135. The molecule has 1 saturated heterocycles. The van der Waals surface area contributed by atoms with Crippen LogP contribution in [0.2, 0.25) is 0 Å². The van der Waals surface area contributed by atoms with Crippen LogP contribution in [0, 0.1) is 6.92 Å². The third-order valence-electron chi connectivity index (χ3n) is 5.51. The number of benzene rings is 2. The highest BCUT2D eigenvalue weighted by molar-refractivity contribution is 7.98. The van der Waals surface area contributed by atoms with Crippen molar-refractivity contribution in [2.24, 2.45) is 0 Å². The van der Waals surface area contributed by atoms with Crippen LogP contribution in [0.3, 0.4) is 0 Å². The Morgan fingerprint density at radius 1 is 1.03 bits per heavy atom. The number of nitrogens with zero attached hydrogens (tertiary/aromatic N) is 3. The number of thioether (sulfide) groups is 1. The summed E-state index contributed by atoms with van der Waals surface area (Å²) in [6, 6.07) is 17.7. The second-order valence-electron chi connectivity index (χ2n) is 8.00. The van der Waals surface area contributed by atoms with Crippen LogP contribution in [0.5, 0.6) is 0 Å². The first-order chi connectivity index (χ1) is 16.1. The molecule has 33 heavy (non-hydrogen) atoms. The number of aryl methyl sites for hydroxylation is 1. The van der Waals surface area contributed by atoms with Gasteiger partial charge in [-0.05, 0) is 36.8 Å². The first-order valence-corrected chi connectivity index (χ1v) is 12.9. The Morgan fingerprint density at radius 2 is 1.76 bits per heavy atom. The zero-order chi connectivity index (χ0) is 23.0. The standard InChI is InChI=1S/C25H28N4O2S2/c1-19-27-22(17-32-19)18-33-23-9-7-21(8-10-23)25(31)29-13-11-28(12-14-29)16-24(30)26-15-20-5-3-2-4-6-20/h2-10,17H,11-16,18H2,1H3,(H,26,30). The molecule has 0 unspecified atom stereocenters. The lowest BCUT2D eigenvalue weighted by Crippen LogP contribution is -2.51. The third kappa shape index (κ3) is 6.90. The van der Waals surface area contributed by atoms with Gasteiger partial charge in [0.15, 0.2) is 0 Å². The molecule has 2 amide bonds. The van der Waals surface area contributed by atoms with Crippen LogP contribution in [0.1, 0.15) is 26.6 Å². The Kier molecular flexibility index (Phi) is 8.15. The number of amides is 2. The predicted octanol–water partition coefficient (Wildman–Crippen LogP) is 3.82. The molecule has 2 heterocycles. The van der Waals surface area contributed by atoms with E-state index in [1.54, 1.807) is 23.1 Å². The van der Waals surface area contributed by atoms with Crippen molar-refractivity contribution in [2.45, 2.75) is 24.1 Å². The van der Waals surface area contributed by atoms with Gasteiger partial charge in [0.1, 0.15) is 0 Å². The van der Waals surface area contributed by atoms with E-state index >= 15 is 0 Å². The minimum Gasteiger partial charge on any atom is -0.351 e. The first kappa shape index (κ1) is 23.5. The largest absolute Gasteiger partial charge is 0.351 e. The van der Waals surface area contributed by atoms with Crippen molar-refractivity contribution in [3.8, 4) is 0 Å². The molecular weight excluding hydrogens is 452 g/mol. The predicted molar refractivity (Wildman–Crippen MR) is 133 cm³/mol. The molecule has 6 nitrogen and oxygen atoms in total. The van der Waals surface area contributed by atoms with Gasteiger partial charge in [-0.1, -0.05) is 30.3 Å². The maximum Gasteiger partial charge on any atom is 0.253 e. The van der Waals surface area contributed by atoms with Crippen molar-refractivity contribution in [2.75, 3.05) is 32.7 Å². The van der Waals surface area contributed by atoms with Crippen molar-refractivity contribution in [3.05, 3.63) is 81.8 Å². The topological polar surface area (TPSA) is 65.5 Å². The molecule has 1 aromatic heterocycles. The van der Waals surface area contributed by atoms with Gasteiger partial charge in [0, 0.05) is 54.3 Å². The van der Waals surface area contributed by atoms with Crippen LogP contribution in [0.4, 0.5) is 0 Å². The van der Waals surface area contributed by atoms with Crippen molar-refractivity contribution in [1.29, 1.82) is 0 Å². The number of piperazine rings is 1. The van der Waals surface area contributed by atoms with Gasteiger partial charge >= 0.3 is 0 Å². The molecule has 1 aliphatic heterocycles. The Hall–Kier alpha value is -2.68. The monoisotopic (exact) mass is 480 g/mol. The van der Waals surface area contributed by atoms with Gasteiger partial charge in [0.25, 0.3) is 5.91 Å². The zero-order valence-corrected chi connectivity index (χ0v) is 20.3. The third-order valence-corrected chi connectivity index (χ3v) is 7.38. The molecule has 0 saturated carbocycles.